The molecule has 0 radical (unpaired) electrons. The number of benzene rings is 1. The van der Waals surface area contributed by atoms with E-state index in [1.165, 1.54) is 0 Å². The lowest BCUT2D eigenvalue weighted by Gasteiger charge is -2.09. The molecule has 0 amide bonds. The summed E-state index contributed by atoms with van der Waals surface area (Å²) in [5.41, 5.74) is 8.34. The van der Waals surface area contributed by atoms with Crippen molar-refractivity contribution in [1.82, 2.24) is 4.98 Å². The highest BCUT2D eigenvalue weighted by molar-refractivity contribution is 6.32. The molecule has 0 saturated carbocycles. The smallest absolute Gasteiger partial charge is 0.138 e. The highest BCUT2D eigenvalue weighted by Crippen LogP contribution is 2.27. The van der Waals surface area contributed by atoms with E-state index in [0.29, 0.717) is 29.0 Å². The van der Waals surface area contributed by atoms with Gasteiger partial charge in [-0.05, 0) is 30.2 Å². The second-order valence-corrected chi connectivity index (χ2v) is 5.13. The van der Waals surface area contributed by atoms with Gasteiger partial charge in [0.05, 0.1) is 5.02 Å². The normalized spacial score (nSPS) is 10.7. The maximum Gasteiger partial charge on any atom is 0.138 e. The fourth-order valence-corrected chi connectivity index (χ4v) is 1.90. The molecule has 0 saturated heterocycles. The molecule has 0 aliphatic heterocycles. The first-order valence-corrected chi connectivity index (χ1v) is 6.56. The monoisotopic (exact) mass is 276 g/mol. The highest BCUT2D eigenvalue weighted by atomic mass is 35.5. The van der Waals surface area contributed by atoms with E-state index in [1.807, 2.05) is 18.3 Å². The molecular weight excluding hydrogens is 260 g/mol. The number of aromatic nitrogens is 1. The van der Waals surface area contributed by atoms with E-state index in [9.17, 15) is 0 Å². The van der Waals surface area contributed by atoms with Crippen LogP contribution in [0, 0.1) is 0 Å². The van der Waals surface area contributed by atoms with Crippen LogP contribution in [0.15, 0.2) is 36.5 Å². The number of anilines is 1. The summed E-state index contributed by atoms with van der Waals surface area (Å²) in [6, 6.07) is 9.26. The number of hydrogen-bond donors (Lipinski definition) is 1. The van der Waals surface area contributed by atoms with Crippen molar-refractivity contribution < 1.29 is 4.74 Å². The number of halogens is 1. The minimum atomic E-state index is 0.432. The molecule has 0 aliphatic carbocycles. The van der Waals surface area contributed by atoms with Crippen LogP contribution in [0.1, 0.15) is 31.0 Å². The van der Waals surface area contributed by atoms with E-state index in [-0.39, 0.29) is 0 Å². The lowest BCUT2D eigenvalue weighted by Crippen LogP contribution is -1.99. The molecule has 0 atom stereocenters. The molecule has 0 unspecified atom stereocenters. The Morgan fingerprint density at radius 1 is 1.26 bits per heavy atom. The summed E-state index contributed by atoms with van der Waals surface area (Å²) >= 11 is 6.04. The van der Waals surface area contributed by atoms with Crippen molar-refractivity contribution in [1.29, 1.82) is 0 Å². The highest BCUT2D eigenvalue weighted by Gasteiger charge is 2.04. The minimum absolute atomic E-state index is 0.432. The average molecular weight is 277 g/mol. The van der Waals surface area contributed by atoms with E-state index in [2.05, 4.69) is 18.8 Å². The summed E-state index contributed by atoms with van der Waals surface area (Å²) < 4.78 is 5.65. The summed E-state index contributed by atoms with van der Waals surface area (Å²) in [5.74, 6) is 1.06. The standard InChI is InChI=1S/C15H17ClN2O/c1-10(2)14-5-3-11(8-18-14)9-19-15-6-4-12(17)7-13(15)16/h3-8,10H,9,17H2,1-2H3. The number of nitrogens with zero attached hydrogens (tertiary/aromatic N) is 1. The second-order valence-electron chi connectivity index (χ2n) is 4.72. The van der Waals surface area contributed by atoms with Gasteiger partial charge in [0.2, 0.25) is 0 Å². The van der Waals surface area contributed by atoms with Crippen LogP contribution in [0.4, 0.5) is 5.69 Å². The third kappa shape index (κ3) is 3.61. The van der Waals surface area contributed by atoms with Gasteiger partial charge in [-0.3, -0.25) is 4.98 Å². The molecule has 3 nitrogen and oxygen atoms in total. The van der Waals surface area contributed by atoms with Gasteiger partial charge in [-0.2, -0.15) is 0 Å². The van der Waals surface area contributed by atoms with Crippen LogP contribution in [-0.2, 0) is 6.61 Å². The zero-order chi connectivity index (χ0) is 13.8. The SMILES string of the molecule is CC(C)c1ccc(COc2ccc(N)cc2Cl)cn1. The van der Waals surface area contributed by atoms with Crippen molar-refractivity contribution in [3.05, 3.63) is 52.8 Å². The molecule has 2 rings (SSSR count). The fraction of sp³-hybridized carbons (Fsp3) is 0.267. The maximum absolute atomic E-state index is 6.04. The zero-order valence-electron chi connectivity index (χ0n) is 11.1. The van der Waals surface area contributed by atoms with Crippen molar-refractivity contribution in [3.63, 3.8) is 0 Å². The van der Waals surface area contributed by atoms with Gasteiger partial charge < -0.3 is 10.5 Å². The van der Waals surface area contributed by atoms with E-state index >= 15 is 0 Å². The van der Waals surface area contributed by atoms with Crippen LogP contribution in [0.25, 0.3) is 0 Å². The number of hydrogen-bond acceptors (Lipinski definition) is 3. The van der Waals surface area contributed by atoms with E-state index in [0.717, 1.165) is 11.3 Å². The largest absolute Gasteiger partial charge is 0.487 e. The molecular formula is C15H17ClN2O. The van der Waals surface area contributed by atoms with Gasteiger partial charge in [-0.1, -0.05) is 31.5 Å². The molecule has 0 spiro atoms. The average Bonchev–Trinajstić information content (AvgIpc) is 2.38. The molecule has 0 bridgehead atoms. The van der Waals surface area contributed by atoms with Crippen molar-refractivity contribution in [2.75, 3.05) is 5.73 Å². The molecule has 1 heterocycles. The van der Waals surface area contributed by atoms with Crippen LogP contribution < -0.4 is 10.5 Å². The molecule has 1 aromatic heterocycles. The maximum atomic E-state index is 6.04. The van der Waals surface area contributed by atoms with Gasteiger partial charge >= 0.3 is 0 Å². The van der Waals surface area contributed by atoms with E-state index < -0.39 is 0 Å². The predicted octanol–water partition coefficient (Wildman–Crippen LogP) is 4.02. The van der Waals surface area contributed by atoms with Crippen LogP contribution in [0.2, 0.25) is 5.02 Å². The Bertz CT molecular complexity index is 553. The van der Waals surface area contributed by atoms with Gasteiger partial charge in [-0.25, -0.2) is 0 Å². The number of nitrogens with two attached hydrogens (primary N) is 1. The Morgan fingerprint density at radius 3 is 2.63 bits per heavy atom. The van der Waals surface area contributed by atoms with Gasteiger partial charge in [0, 0.05) is 23.1 Å². The molecule has 0 fully saturated rings. The molecule has 2 N–H and O–H groups in total. The Balaban J connectivity index is 2.02. The lowest BCUT2D eigenvalue weighted by molar-refractivity contribution is 0.306. The van der Waals surface area contributed by atoms with Crippen LogP contribution in [0.3, 0.4) is 0 Å². The van der Waals surface area contributed by atoms with Gasteiger partial charge in [-0.15, -0.1) is 0 Å². The third-order valence-corrected chi connectivity index (χ3v) is 3.08. The Morgan fingerprint density at radius 2 is 2.05 bits per heavy atom. The van der Waals surface area contributed by atoms with E-state index in [4.69, 9.17) is 22.1 Å². The molecule has 4 heteroatoms. The number of rotatable bonds is 4. The Labute approximate surface area is 118 Å². The quantitative estimate of drug-likeness (QED) is 0.858. The summed E-state index contributed by atoms with van der Waals surface area (Å²) in [7, 11) is 0. The Hall–Kier alpha value is -1.74. The predicted molar refractivity (Wildman–Crippen MR) is 78.5 cm³/mol. The summed E-state index contributed by atoms with van der Waals surface area (Å²) in [6.07, 6.45) is 1.83. The van der Waals surface area contributed by atoms with Crippen molar-refractivity contribution >= 4 is 17.3 Å². The number of pyridine rings is 1. The van der Waals surface area contributed by atoms with Gasteiger partial charge in [0.1, 0.15) is 12.4 Å². The topological polar surface area (TPSA) is 48.1 Å². The summed E-state index contributed by atoms with van der Waals surface area (Å²) in [4.78, 5) is 4.39. The van der Waals surface area contributed by atoms with Crippen LogP contribution in [0.5, 0.6) is 5.75 Å². The molecule has 2 aromatic rings. The second kappa shape index (κ2) is 5.93. The molecule has 19 heavy (non-hydrogen) atoms. The number of nitrogen functional groups attached to an aromatic ring is 1. The Kier molecular flexibility index (Phi) is 4.27. The van der Waals surface area contributed by atoms with Crippen LogP contribution in [-0.4, -0.2) is 4.98 Å². The lowest BCUT2D eigenvalue weighted by atomic mass is 10.1. The number of ether oxygens (including phenoxy) is 1. The first kappa shape index (κ1) is 13.7. The van der Waals surface area contributed by atoms with Crippen LogP contribution >= 0.6 is 11.6 Å². The minimum Gasteiger partial charge on any atom is -0.487 e. The van der Waals surface area contributed by atoms with Crippen molar-refractivity contribution in [3.8, 4) is 5.75 Å². The molecule has 1 aromatic carbocycles. The summed E-state index contributed by atoms with van der Waals surface area (Å²) in [5, 5.41) is 0.520. The van der Waals surface area contributed by atoms with Gasteiger partial charge in [0.15, 0.2) is 0 Å². The van der Waals surface area contributed by atoms with Gasteiger partial charge in [0.25, 0.3) is 0 Å². The van der Waals surface area contributed by atoms with E-state index in [1.54, 1.807) is 18.2 Å². The van der Waals surface area contributed by atoms with Crippen molar-refractivity contribution in [2.24, 2.45) is 0 Å². The first-order valence-electron chi connectivity index (χ1n) is 6.19. The fourth-order valence-electron chi connectivity index (χ4n) is 1.66. The third-order valence-electron chi connectivity index (χ3n) is 2.79. The summed E-state index contributed by atoms with van der Waals surface area (Å²) in [6.45, 7) is 4.67. The molecule has 100 valence electrons. The first-order chi connectivity index (χ1) is 9.06. The van der Waals surface area contributed by atoms with Crippen molar-refractivity contribution in [2.45, 2.75) is 26.4 Å². The zero-order valence-corrected chi connectivity index (χ0v) is 11.8. The molecule has 0 aliphatic rings.